The van der Waals surface area contributed by atoms with Crippen LogP contribution in [-0.2, 0) is 14.3 Å². The van der Waals surface area contributed by atoms with Gasteiger partial charge in [0.1, 0.15) is 18.2 Å². The van der Waals surface area contributed by atoms with E-state index in [9.17, 15) is 14.7 Å². The molecule has 0 spiro atoms. The maximum absolute atomic E-state index is 12.5. The van der Waals surface area contributed by atoms with Crippen LogP contribution in [0.15, 0.2) is 42.6 Å². The minimum absolute atomic E-state index is 0.109. The van der Waals surface area contributed by atoms with Gasteiger partial charge in [0.25, 0.3) is 5.91 Å². The molecular weight excluding hydrogens is 388 g/mol. The van der Waals surface area contributed by atoms with Gasteiger partial charge < -0.3 is 24.6 Å². The fourth-order valence-corrected chi connectivity index (χ4v) is 2.83. The van der Waals surface area contributed by atoms with Crippen LogP contribution in [-0.4, -0.2) is 47.8 Å². The fraction of sp³-hybridized carbons (Fsp3) is 0.409. The Labute approximate surface area is 176 Å². The van der Waals surface area contributed by atoms with E-state index in [1.807, 2.05) is 37.3 Å². The van der Waals surface area contributed by atoms with Crippen LogP contribution in [0.2, 0.25) is 0 Å². The van der Waals surface area contributed by atoms with Crippen LogP contribution in [0.5, 0.6) is 11.5 Å². The lowest BCUT2D eigenvalue weighted by molar-refractivity contribution is -0.158. The molecule has 2 rings (SSSR count). The number of hydrogen-bond acceptors (Lipinski definition) is 7. The van der Waals surface area contributed by atoms with Crippen molar-refractivity contribution in [2.24, 2.45) is 0 Å². The summed E-state index contributed by atoms with van der Waals surface area (Å²) in [7, 11) is 1.36. The van der Waals surface area contributed by atoms with Gasteiger partial charge >= 0.3 is 5.97 Å². The number of ether oxygens (including phenoxy) is 3. The van der Waals surface area contributed by atoms with Gasteiger partial charge in [-0.25, -0.2) is 9.78 Å². The largest absolute Gasteiger partial charge is 0.503 e. The van der Waals surface area contributed by atoms with Gasteiger partial charge in [-0.3, -0.25) is 4.79 Å². The van der Waals surface area contributed by atoms with Gasteiger partial charge in [0, 0.05) is 18.9 Å². The molecule has 1 aromatic heterocycles. The summed E-state index contributed by atoms with van der Waals surface area (Å²) in [6.07, 6.45) is 1.15. The van der Waals surface area contributed by atoms with E-state index < -0.39 is 35.9 Å². The van der Waals surface area contributed by atoms with E-state index in [1.54, 1.807) is 6.92 Å². The van der Waals surface area contributed by atoms with Gasteiger partial charge in [-0.05, 0) is 25.8 Å². The highest BCUT2D eigenvalue weighted by molar-refractivity contribution is 5.97. The second kappa shape index (κ2) is 11.2. The molecule has 0 saturated heterocycles. The van der Waals surface area contributed by atoms with Gasteiger partial charge in [0.15, 0.2) is 17.2 Å². The highest BCUT2D eigenvalue weighted by Crippen LogP contribution is 2.27. The van der Waals surface area contributed by atoms with Crippen molar-refractivity contribution in [2.45, 2.75) is 45.4 Å². The molecule has 0 aliphatic heterocycles. The summed E-state index contributed by atoms with van der Waals surface area (Å²) in [5.74, 6) is -1.63. The lowest BCUT2D eigenvalue weighted by Gasteiger charge is -2.26. The van der Waals surface area contributed by atoms with Crippen LogP contribution in [0, 0.1) is 0 Å². The second-order valence-corrected chi connectivity index (χ2v) is 6.75. The van der Waals surface area contributed by atoms with Crippen molar-refractivity contribution in [1.29, 1.82) is 0 Å². The third-order valence-electron chi connectivity index (χ3n) is 4.38. The third kappa shape index (κ3) is 5.93. The Morgan fingerprint density at radius 1 is 1.17 bits per heavy atom. The first-order valence-corrected chi connectivity index (χ1v) is 9.78. The normalized spacial score (nSPS) is 13.7. The Bertz CT molecular complexity index is 843. The van der Waals surface area contributed by atoms with Gasteiger partial charge in [0.2, 0.25) is 0 Å². The molecule has 30 heavy (non-hydrogen) atoms. The molecule has 0 bridgehead atoms. The maximum atomic E-state index is 12.5. The van der Waals surface area contributed by atoms with Crippen molar-refractivity contribution in [3.05, 3.63) is 53.9 Å². The molecule has 1 heterocycles. The summed E-state index contributed by atoms with van der Waals surface area (Å²) in [5.41, 5.74) is 0.656. The quantitative estimate of drug-likeness (QED) is 0.573. The molecular formula is C22H28N2O6. The number of methoxy groups -OCH3 is 1. The Kier molecular flexibility index (Phi) is 8.61. The smallest absolute Gasteiger partial charge is 0.328 e. The predicted molar refractivity (Wildman–Crippen MR) is 110 cm³/mol. The number of nitrogens with one attached hydrogen (secondary N) is 1. The van der Waals surface area contributed by atoms with Gasteiger partial charge in [0.05, 0.1) is 7.11 Å². The second-order valence-electron chi connectivity index (χ2n) is 6.75. The van der Waals surface area contributed by atoms with E-state index in [1.165, 1.54) is 26.3 Å². The van der Waals surface area contributed by atoms with E-state index in [-0.39, 0.29) is 11.4 Å². The average Bonchev–Trinajstić information content (AvgIpc) is 2.74. The first kappa shape index (κ1) is 23.2. The summed E-state index contributed by atoms with van der Waals surface area (Å²) in [5, 5.41) is 12.5. The number of hydrogen-bond donors (Lipinski definition) is 2. The van der Waals surface area contributed by atoms with Crippen LogP contribution in [0.3, 0.4) is 0 Å². The van der Waals surface area contributed by atoms with Crippen molar-refractivity contribution >= 4 is 11.9 Å². The predicted octanol–water partition coefficient (Wildman–Crippen LogP) is 3.01. The Morgan fingerprint density at radius 3 is 2.50 bits per heavy atom. The molecule has 0 saturated carbocycles. The summed E-state index contributed by atoms with van der Waals surface area (Å²) in [6.45, 7) is 5.76. The van der Waals surface area contributed by atoms with E-state index in [2.05, 4.69) is 10.3 Å². The van der Waals surface area contributed by atoms with Crippen LogP contribution in [0.1, 0.15) is 49.3 Å². The van der Waals surface area contributed by atoms with Crippen LogP contribution < -0.4 is 10.1 Å². The summed E-state index contributed by atoms with van der Waals surface area (Å²) in [4.78, 5) is 28.8. The molecule has 2 aromatic rings. The Hall–Kier alpha value is -3.13. The number of aromatic hydroxyl groups is 1. The van der Waals surface area contributed by atoms with Crippen molar-refractivity contribution in [1.82, 2.24) is 10.3 Å². The highest BCUT2D eigenvalue weighted by Gasteiger charge is 2.27. The lowest BCUT2D eigenvalue weighted by Crippen LogP contribution is -2.41. The van der Waals surface area contributed by atoms with Crippen LogP contribution in [0.4, 0.5) is 0 Å². The average molecular weight is 416 g/mol. The van der Waals surface area contributed by atoms with Crippen molar-refractivity contribution in [3.63, 3.8) is 0 Å². The molecule has 0 aliphatic rings. The van der Waals surface area contributed by atoms with E-state index >= 15 is 0 Å². The molecule has 0 radical (unpaired) electrons. The highest BCUT2D eigenvalue weighted by atomic mass is 16.6. The fourth-order valence-electron chi connectivity index (χ4n) is 2.83. The van der Waals surface area contributed by atoms with E-state index in [0.717, 1.165) is 12.0 Å². The summed E-state index contributed by atoms with van der Waals surface area (Å²) in [6, 6.07) is 9.96. The molecule has 0 unspecified atom stereocenters. The number of carbonyl (C=O) groups is 2. The third-order valence-corrected chi connectivity index (χ3v) is 4.38. The Morgan fingerprint density at radius 2 is 1.87 bits per heavy atom. The van der Waals surface area contributed by atoms with E-state index in [0.29, 0.717) is 6.61 Å². The van der Waals surface area contributed by atoms with Gasteiger partial charge in [-0.1, -0.05) is 37.3 Å². The number of amides is 1. The van der Waals surface area contributed by atoms with Crippen molar-refractivity contribution in [2.75, 3.05) is 13.7 Å². The van der Waals surface area contributed by atoms with Crippen molar-refractivity contribution < 1.29 is 28.9 Å². The van der Waals surface area contributed by atoms with Crippen LogP contribution >= 0.6 is 0 Å². The molecule has 162 valence electrons. The van der Waals surface area contributed by atoms with Crippen molar-refractivity contribution in [3.8, 4) is 11.5 Å². The monoisotopic (exact) mass is 416 g/mol. The molecule has 1 amide bonds. The first-order valence-electron chi connectivity index (χ1n) is 9.78. The number of rotatable bonds is 10. The molecule has 0 fully saturated rings. The molecule has 8 heteroatoms. The summed E-state index contributed by atoms with van der Waals surface area (Å²) < 4.78 is 16.4. The van der Waals surface area contributed by atoms with Crippen LogP contribution in [0.25, 0.3) is 0 Å². The molecule has 3 atom stereocenters. The number of aromatic nitrogens is 1. The lowest BCUT2D eigenvalue weighted by atomic mass is 10.1. The number of nitrogens with zero attached hydrogens (tertiary/aromatic N) is 1. The zero-order chi connectivity index (χ0) is 22.1. The first-order chi connectivity index (χ1) is 14.4. The molecule has 1 aromatic carbocycles. The molecule has 2 N–H and O–H groups in total. The number of carbonyl (C=O) groups excluding carboxylic acids is 2. The number of esters is 1. The molecule has 8 nitrogen and oxygen atoms in total. The van der Waals surface area contributed by atoms with E-state index in [4.69, 9.17) is 14.2 Å². The number of pyridine rings is 1. The number of benzene rings is 1. The minimum atomic E-state index is -0.963. The topological polar surface area (TPSA) is 107 Å². The zero-order valence-electron chi connectivity index (χ0n) is 17.6. The standard InChI is InChI=1S/C22H28N2O6/c1-5-13-29-20(16-9-7-6-8-10-16)15(3)30-22(27)14(2)24-21(26)18-19(25)17(28-4)11-12-23-18/h6-12,14-15,20,25H,5,13H2,1-4H3,(H,24,26)/t14-,15-,20-/m0/s1. The summed E-state index contributed by atoms with van der Waals surface area (Å²) >= 11 is 0. The Balaban J connectivity index is 2.03. The van der Waals surface area contributed by atoms with Gasteiger partial charge in [-0.2, -0.15) is 0 Å². The molecule has 0 aliphatic carbocycles. The minimum Gasteiger partial charge on any atom is -0.503 e. The SMILES string of the molecule is CCCO[C@H](c1ccccc1)[C@H](C)OC(=O)[C@H](C)NC(=O)c1nccc(OC)c1O. The maximum Gasteiger partial charge on any atom is 0.328 e. The zero-order valence-corrected chi connectivity index (χ0v) is 17.6. The van der Waals surface area contributed by atoms with Gasteiger partial charge in [-0.15, -0.1) is 0 Å².